The second-order valence-electron chi connectivity index (χ2n) is 4.72. The Bertz CT molecular complexity index is 324. The highest BCUT2D eigenvalue weighted by molar-refractivity contribution is 5.48. The Hall–Kier alpha value is -1.12. The van der Waals surface area contributed by atoms with Gasteiger partial charge in [-0.15, -0.1) is 0 Å². The van der Waals surface area contributed by atoms with Gasteiger partial charge in [-0.1, -0.05) is 36.4 Å². The second-order valence-corrected chi connectivity index (χ2v) is 4.72. The maximum absolute atomic E-state index is 2.31. The lowest BCUT2D eigenvalue weighted by Crippen LogP contribution is -3.26. The van der Waals surface area contributed by atoms with E-state index >= 15 is 0 Å². The van der Waals surface area contributed by atoms with E-state index in [1.54, 1.807) is 9.80 Å². The molecule has 0 bridgehead atoms. The molecule has 1 aliphatic heterocycles. The number of hydrogen-bond acceptors (Lipinski definition) is 0. The van der Waals surface area contributed by atoms with Gasteiger partial charge < -0.3 is 9.80 Å². The SMILES string of the molecule is C[NH+]1CC[NH+](C/C=C/c2ccccc2)CC1. The molecule has 1 aliphatic rings. The molecule has 1 heterocycles. The fourth-order valence-corrected chi connectivity index (χ4v) is 2.16. The van der Waals surface area contributed by atoms with Gasteiger partial charge in [0, 0.05) is 0 Å². The van der Waals surface area contributed by atoms with Gasteiger partial charge in [-0.2, -0.15) is 0 Å². The number of benzene rings is 1. The van der Waals surface area contributed by atoms with Crippen LogP contribution in [0.3, 0.4) is 0 Å². The van der Waals surface area contributed by atoms with Gasteiger partial charge in [0.25, 0.3) is 0 Å². The fraction of sp³-hybridized carbons (Fsp3) is 0.429. The molecule has 0 unspecified atom stereocenters. The quantitative estimate of drug-likeness (QED) is 0.651. The number of likely N-dealkylation sites (N-methyl/N-ethyl adjacent to an activating group) is 1. The summed E-state index contributed by atoms with van der Waals surface area (Å²) in [5, 5.41) is 0. The normalized spacial score (nSPS) is 26.1. The van der Waals surface area contributed by atoms with E-state index in [0.29, 0.717) is 0 Å². The molecule has 0 atom stereocenters. The summed E-state index contributed by atoms with van der Waals surface area (Å²) in [5.41, 5.74) is 1.31. The van der Waals surface area contributed by atoms with E-state index in [4.69, 9.17) is 0 Å². The van der Waals surface area contributed by atoms with E-state index in [2.05, 4.69) is 49.5 Å². The first-order valence-corrected chi connectivity index (χ1v) is 6.21. The van der Waals surface area contributed by atoms with Crippen LogP contribution in [0, 0.1) is 0 Å². The van der Waals surface area contributed by atoms with E-state index in [-0.39, 0.29) is 0 Å². The predicted octanol–water partition coefficient (Wildman–Crippen LogP) is -0.887. The zero-order valence-corrected chi connectivity index (χ0v) is 10.1. The van der Waals surface area contributed by atoms with Crippen LogP contribution < -0.4 is 9.80 Å². The third kappa shape index (κ3) is 3.47. The Balaban J connectivity index is 1.77. The summed E-state index contributed by atoms with van der Waals surface area (Å²) >= 11 is 0. The van der Waals surface area contributed by atoms with Crippen molar-refractivity contribution < 1.29 is 9.80 Å². The number of hydrogen-bond donors (Lipinski definition) is 2. The molecule has 2 rings (SSSR count). The molecule has 2 nitrogen and oxygen atoms in total. The average Bonchev–Trinajstić information content (AvgIpc) is 2.33. The summed E-state index contributed by atoms with van der Waals surface area (Å²) in [6.45, 7) is 6.42. The summed E-state index contributed by atoms with van der Waals surface area (Å²) in [7, 11) is 2.29. The van der Waals surface area contributed by atoms with Crippen molar-refractivity contribution in [2.24, 2.45) is 0 Å². The van der Waals surface area contributed by atoms with Crippen molar-refractivity contribution >= 4 is 6.08 Å². The number of quaternary nitrogens is 2. The molecular weight excluding hydrogens is 196 g/mol. The Morgan fingerprint density at radius 2 is 1.75 bits per heavy atom. The molecule has 1 fully saturated rings. The van der Waals surface area contributed by atoms with Crippen molar-refractivity contribution in [1.29, 1.82) is 0 Å². The van der Waals surface area contributed by atoms with Crippen LogP contribution in [0.4, 0.5) is 0 Å². The smallest absolute Gasteiger partial charge is 0.127 e. The van der Waals surface area contributed by atoms with E-state index in [1.807, 2.05) is 0 Å². The third-order valence-electron chi connectivity index (χ3n) is 3.33. The van der Waals surface area contributed by atoms with Crippen LogP contribution in [0.1, 0.15) is 5.56 Å². The van der Waals surface area contributed by atoms with Crippen molar-refractivity contribution in [3.63, 3.8) is 0 Å². The number of rotatable bonds is 3. The maximum atomic E-state index is 2.31. The largest absolute Gasteiger partial charge is 0.328 e. The van der Waals surface area contributed by atoms with Crippen LogP contribution in [0.5, 0.6) is 0 Å². The highest BCUT2D eigenvalue weighted by Gasteiger charge is 2.17. The van der Waals surface area contributed by atoms with Gasteiger partial charge in [0.2, 0.25) is 0 Å². The lowest BCUT2D eigenvalue weighted by atomic mass is 10.2. The molecular formula is C14H22N2+2. The average molecular weight is 218 g/mol. The minimum atomic E-state index is 1.17. The van der Waals surface area contributed by atoms with Gasteiger partial charge >= 0.3 is 0 Å². The molecule has 86 valence electrons. The summed E-state index contributed by atoms with van der Waals surface area (Å²) in [4.78, 5) is 3.40. The molecule has 0 aromatic heterocycles. The van der Waals surface area contributed by atoms with Gasteiger partial charge in [-0.05, 0) is 11.6 Å². The van der Waals surface area contributed by atoms with E-state index in [1.165, 1.54) is 38.3 Å². The summed E-state index contributed by atoms with van der Waals surface area (Å²) in [5.74, 6) is 0. The Morgan fingerprint density at radius 1 is 1.06 bits per heavy atom. The van der Waals surface area contributed by atoms with Crippen LogP contribution in [0.2, 0.25) is 0 Å². The zero-order chi connectivity index (χ0) is 11.2. The Morgan fingerprint density at radius 3 is 2.44 bits per heavy atom. The van der Waals surface area contributed by atoms with Crippen LogP contribution in [-0.2, 0) is 0 Å². The van der Waals surface area contributed by atoms with Crippen LogP contribution >= 0.6 is 0 Å². The monoisotopic (exact) mass is 218 g/mol. The summed E-state index contributed by atoms with van der Waals surface area (Å²) in [6, 6.07) is 10.5. The van der Waals surface area contributed by atoms with Crippen molar-refractivity contribution in [2.75, 3.05) is 39.8 Å². The molecule has 1 saturated heterocycles. The van der Waals surface area contributed by atoms with Crippen molar-refractivity contribution in [3.05, 3.63) is 42.0 Å². The van der Waals surface area contributed by atoms with E-state index < -0.39 is 0 Å². The van der Waals surface area contributed by atoms with Gasteiger partial charge in [0.05, 0.1) is 13.6 Å². The summed E-state index contributed by atoms with van der Waals surface area (Å²) < 4.78 is 0. The number of piperazine rings is 1. The first kappa shape index (κ1) is 11.4. The molecule has 0 aliphatic carbocycles. The highest BCUT2D eigenvalue weighted by Crippen LogP contribution is 1.99. The van der Waals surface area contributed by atoms with E-state index in [9.17, 15) is 0 Å². The van der Waals surface area contributed by atoms with Crippen molar-refractivity contribution in [3.8, 4) is 0 Å². The molecule has 16 heavy (non-hydrogen) atoms. The predicted molar refractivity (Wildman–Crippen MR) is 67.7 cm³/mol. The minimum Gasteiger partial charge on any atom is -0.328 e. The number of nitrogens with one attached hydrogen (secondary N) is 2. The Labute approximate surface area is 98.2 Å². The Kier molecular flexibility index (Phi) is 4.14. The molecule has 0 saturated carbocycles. The molecule has 1 aromatic rings. The first-order chi connectivity index (χ1) is 7.84. The molecule has 2 heteroatoms. The fourth-order valence-electron chi connectivity index (χ4n) is 2.16. The molecule has 2 N–H and O–H groups in total. The van der Waals surface area contributed by atoms with Gasteiger partial charge in [-0.3, -0.25) is 0 Å². The molecule has 0 amide bonds. The summed E-state index contributed by atoms with van der Waals surface area (Å²) in [6.07, 6.45) is 4.55. The van der Waals surface area contributed by atoms with Crippen LogP contribution in [0.15, 0.2) is 36.4 Å². The maximum Gasteiger partial charge on any atom is 0.127 e. The topological polar surface area (TPSA) is 8.88 Å². The van der Waals surface area contributed by atoms with Crippen molar-refractivity contribution in [2.45, 2.75) is 0 Å². The van der Waals surface area contributed by atoms with Gasteiger partial charge in [0.1, 0.15) is 26.2 Å². The highest BCUT2D eigenvalue weighted by atomic mass is 15.2. The first-order valence-electron chi connectivity index (χ1n) is 6.21. The van der Waals surface area contributed by atoms with E-state index in [0.717, 1.165) is 0 Å². The van der Waals surface area contributed by atoms with Crippen LogP contribution in [0.25, 0.3) is 6.08 Å². The van der Waals surface area contributed by atoms with Gasteiger partial charge in [-0.25, -0.2) is 0 Å². The zero-order valence-electron chi connectivity index (χ0n) is 10.1. The second kappa shape index (κ2) is 5.83. The molecule has 0 spiro atoms. The van der Waals surface area contributed by atoms with Crippen molar-refractivity contribution in [1.82, 2.24) is 0 Å². The molecule has 1 aromatic carbocycles. The molecule has 0 radical (unpaired) electrons. The standard InChI is InChI=1S/C14H20N2/c1-15-10-12-16(13-11-15)9-5-8-14-6-3-2-4-7-14/h2-8H,9-13H2,1H3/p+2/b8-5+. The van der Waals surface area contributed by atoms with Gasteiger partial charge in [0.15, 0.2) is 0 Å². The minimum absolute atomic E-state index is 1.17. The lowest BCUT2D eigenvalue weighted by Gasteiger charge is -2.26. The lowest BCUT2D eigenvalue weighted by molar-refractivity contribution is -1.00. The third-order valence-corrected chi connectivity index (χ3v) is 3.33. The van der Waals surface area contributed by atoms with Crippen LogP contribution in [-0.4, -0.2) is 39.8 Å².